The van der Waals surface area contributed by atoms with E-state index in [9.17, 15) is 10.2 Å². The van der Waals surface area contributed by atoms with Crippen molar-refractivity contribution >= 4 is 11.6 Å². The van der Waals surface area contributed by atoms with Crippen molar-refractivity contribution < 1.29 is 15.3 Å². The van der Waals surface area contributed by atoms with Crippen molar-refractivity contribution in [2.75, 3.05) is 0 Å². The topological polar surface area (TPSA) is 86.7 Å². The Morgan fingerprint density at radius 3 is 2.31 bits per heavy atom. The molecule has 1 unspecified atom stereocenters. The minimum atomic E-state index is -0.564. The molecule has 1 rings (SSSR count). The first-order valence-electron chi connectivity index (χ1n) is 3.64. The third kappa shape index (κ3) is 1.64. The fourth-order valence-corrected chi connectivity index (χ4v) is 1.37. The fourth-order valence-electron chi connectivity index (χ4n) is 1.06. The molecule has 0 heterocycles. The first-order valence-corrected chi connectivity index (χ1v) is 4.01. The minimum absolute atomic E-state index is 0.0368. The number of phenols is 3. The maximum atomic E-state index is 9.35. The molecule has 0 spiro atoms. The van der Waals surface area contributed by atoms with Crippen molar-refractivity contribution in [1.82, 2.24) is 0 Å². The van der Waals surface area contributed by atoms with Gasteiger partial charge in [-0.05, 0) is 6.92 Å². The number of hydrogen-bond donors (Lipinski definition) is 4. The van der Waals surface area contributed by atoms with Crippen LogP contribution in [0.4, 0.5) is 0 Å². The molecule has 4 nitrogen and oxygen atoms in total. The average molecular weight is 204 g/mol. The van der Waals surface area contributed by atoms with E-state index in [2.05, 4.69) is 0 Å². The second-order valence-electron chi connectivity index (χ2n) is 2.78. The van der Waals surface area contributed by atoms with E-state index in [0.717, 1.165) is 6.07 Å². The predicted molar refractivity (Wildman–Crippen MR) is 49.0 cm³/mol. The summed E-state index contributed by atoms with van der Waals surface area (Å²) in [6, 6.07) is 0.397. The summed E-state index contributed by atoms with van der Waals surface area (Å²) in [6.07, 6.45) is 0. The summed E-state index contributed by atoms with van der Waals surface area (Å²) < 4.78 is 0. The van der Waals surface area contributed by atoms with Crippen LogP contribution in [0.2, 0.25) is 5.02 Å². The smallest absolute Gasteiger partial charge is 0.164 e. The largest absolute Gasteiger partial charge is 0.506 e. The Balaban J connectivity index is 3.46. The first kappa shape index (κ1) is 9.95. The molecule has 0 saturated heterocycles. The van der Waals surface area contributed by atoms with Crippen LogP contribution >= 0.6 is 11.6 Å². The zero-order valence-corrected chi connectivity index (χ0v) is 7.71. The van der Waals surface area contributed by atoms with Gasteiger partial charge in [0.05, 0.1) is 5.02 Å². The second-order valence-corrected chi connectivity index (χ2v) is 3.16. The Labute approximate surface area is 80.2 Å². The van der Waals surface area contributed by atoms with Gasteiger partial charge in [0, 0.05) is 17.7 Å². The van der Waals surface area contributed by atoms with Gasteiger partial charge in [0.25, 0.3) is 0 Å². The van der Waals surface area contributed by atoms with Crippen LogP contribution in [0.25, 0.3) is 0 Å². The SMILES string of the molecule is CC(N)c1c(O)c(O)cc(O)c1Cl. The summed E-state index contributed by atoms with van der Waals surface area (Å²) >= 11 is 5.66. The average Bonchev–Trinajstić information content (AvgIpc) is 2.01. The summed E-state index contributed by atoms with van der Waals surface area (Å²) in [7, 11) is 0. The second kappa shape index (κ2) is 3.32. The highest BCUT2D eigenvalue weighted by molar-refractivity contribution is 6.33. The van der Waals surface area contributed by atoms with Gasteiger partial charge >= 0.3 is 0 Å². The van der Waals surface area contributed by atoms with E-state index >= 15 is 0 Å². The standard InChI is InChI=1S/C8H10ClNO3/c1-3(10)6-7(9)4(11)2-5(12)8(6)13/h2-3,11-13H,10H2,1H3. The zero-order valence-electron chi connectivity index (χ0n) is 6.95. The Hall–Kier alpha value is -1.13. The molecule has 1 atom stereocenters. The van der Waals surface area contributed by atoms with Gasteiger partial charge in [0.15, 0.2) is 11.5 Å². The van der Waals surface area contributed by atoms with Gasteiger partial charge in [-0.1, -0.05) is 11.6 Å². The summed E-state index contributed by atoms with van der Waals surface area (Å²) in [5.74, 6) is -1.13. The minimum Gasteiger partial charge on any atom is -0.506 e. The maximum Gasteiger partial charge on any atom is 0.164 e. The van der Waals surface area contributed by atoms with E-state index < -0.39 is 17.5 Å². The number of hydrogen-bond acceptors (Lipinski definition) is 4. The van der Waals surface area contributed by atoms with Crippen LogP contribution < -0.4 is 5.73 Å². The number of aromatic hydroxyl groups is 3. The maximum absolute atomic E-state index is 9.35. The highest BCUT2D eigenvalue weighted by Crippen LogP contribution is 2.42. The monoisotopic (exact) mass is 203 g/mol. The van der Waals surface area contributed by atoms with E-state index in [0.29, 0.717) is 0 Å². The lowest BCUT2D eigenvalue weighted by Crippen LogP contribution is -2.06. The third-order valence-electron chi connectivity index (χ3n) is 1.69. The van der Waals surface area contributed by atoms with Gasteiger partial charge in [-0.3, -0.25) is 0 Å². The number of rotatable bonds is 1. The van der Waals surface area contributed by atoms with Crippen molar-refractivity contribution in [2.24, 2.45) is 5.73 Å². The molecule has 0 aliphatic carbocycles. The molecule has 0 fully saturated rings. The highest BCUT2D eigenvalue weighted by atomic mass is 35.5. The van der Waals surface area contributed by atoms with Crippen LogP contribution in [0.5, 0.6) is 17.2 Å². The Kier molecular flexibility index (Phi) is 2.54. The van der Waals surface area contributed by atoms with Gasteiger partial charge < -0.3 is 21.1 Å². The molecule has 1 aromatic carbocycles. The number of benzene rings is 1. The molecule has 0 aliphatic heterocycles. The molecule has 5 N–H and O–H groups in total. The third-order valence-corrected chi connectivity index (χ3v) is 2.09. The Morgan fingerprint density at radius 2 is 1.85 bits per heavy atom. The lowest BCUT2D eigenvalue weighted by Gasteiger charge is -2.12. The van der Waals surface area contributed by atoms with E-state index in [1.54, 1.807) is 6.92 Å². The number of halogens is 1. The molecule has 1 aromatic rings. The molecule has 0 aliphatic rings. The van der Waals surface area contributed by atoms with Crippen LogP contribution in [-0.4, -0.2) is 15.3 Å². The van der Waals surface area contributed by atoms with Crippen molar-refractivity contribution in [3.05, 3.63) is 16.7 Å². The van der Waals surface area contributed by atoms with Crippen LogP contribution in [0, 0.1) is 0 Å². The number of nitrogens with two attached hydrogens (primary N) is 1. The lowest BCUT2D eigenvalue weighted by molar-refractivity contribution is 0.389. The van der Waals surface area contributed by atoms with Gasteiger partial charge in [0.2, 0.25) is 0 Å². The van der Waals surface area contributed by atoms with Crippen LogP contribution in [0.3, 0.4) is 0 Å². The van der Waals surface area contributed by atoms with Crippen molar-refractivity contribution in [3.8, 4) is 17.2 Å². The Morgan fingerprint density at radius 1 is 1.31 bits per heavy atom. The van der Waals surface area contributed by atoms with Crippen LogP contribution in [0.1, 0.15) is 18.5 Å². The molecule has 0 amide bonds. The molecule has 5 heteroatoms. The van der Waals surface area contributed by atoms with Gasteiger partial charge in [-0.2, -0.15) is 0 Å². The molecule has 0 saturated carbocycles. The molecule has 0 radical (unpaired) electrons. The molecule has 0 bridgehead atoms. The Bertz CT molecular complexity index is 312. The van der Waals surface area contributed by atoms with Gasteiger partial charge in [-0.15, -0.1) is 0 Å². The van der Waals surface area contributed by atoms with Crippen LogP contribution in [0.15, 0.2) is 6.07 Å². The van der Waals surface area contributed by atoms with E-state index in [1.165, 1.54) is 0 Å². The van der Waals surface area contributed by atoms with E-state index in [-0.39, 0.29) is 16.3 Å². The summed E-state index contributed by atoms with van der Waals surface area (Å²) in [4.78, 5) is 0. The molecule has 0 aromatic heterocycles. The molecular formula is C8H10ClNO3. The van der Waals surface area contributed by atoms with Crippen LogP contribution in [-0.2, 0) is 0 Å². The number of phenolic OH excluding ortho intramolecular Hbond substituents is 3. The first-order chi connectivity index (χ1) is 5.95. The van der Waals surface area contributed by atoms with Crippen molar-refractivity contribution in [2.45, 2.75) is 13.0 Å². The normalized spacial score (nSPS) is 12.8. The zero-order chi connectivity index (χ0) is 10.2. The van der Waals surface area contributed by atoms with Gasteiger partial charge in [0.1, 0.15) is 5.75 Å². The fraction of sp³-hybridized carbons (Fsp3) is 0.250. The summed E-state index contributed by atoms with van der Waals surface area (Å²) in [6.45, 7) is 1.58. The van der Waals surface area contributed by atoms with E-state index in [1.807, 2.05) is 0 Å². The quantitative estimate of drug-likeness (QED) is 0.411. The van der Waals surface area contributed by atoms with Crippen molar-refractivity contribution in [1.29, 1.82) is 0 Å². The summed E-state index contributed by atoms with van der Waals surface area (Å²) in [5.41, 5.74) is 5.62. The van der Waals surface area contributed by atoms with Gasteiger partial charge in [-0.25, -0.2) is 0 Å². The highest BCUT2D eigenvalue weighted by Gasteiger charge is 2.18. The molecule has 13 heavy (non-hydrogen) atoms. The molecular weight excluding hydrogens is 194 g/mol. The van der Waals surface area contributed by atoms with E-state index in [4.69, 9.17) is 22.4 Å². The lowest BCUT2D eigenvalue weighted by atomic mass is 10.1. The van der Waals surface area contributed by atoms with Crippen molar-refractivity contribution in [3.63, 3.8) is 0 Å². The molecule has 72 valence electrons. The summed E-state index contributed by atoms with van der Waals surface area (Å²) in [5, 5.41) is 27.6. The predicted octanol–water partition coefficient (Wildman–Crippen LogP) is 1.48.